The maximum atomic E-state index is 12.1. The van der Waals surface area contributed by atoms with Gasteiger partial charge in [0.15, 0.2) is 0 Å². The van der Waals surface area contributed by atoms with Crippen molar-refractivity contribution in [2.45, 2.75) is 13.3 Å². The molecule has 0 aliphatic carbocycles. The molecule has 0 radical (unpaired) electrons. The van der Waals surface area contributed by atoms with E-state index in [0.717, 1.165) is 4.90 Å². The van der Waals surface area contributed by atoms with Crippen LogP contribution in [0.5, 0.6) is 0 Å². The van der Waals surface area contributed by atoms with E-state index >= 15 is 0 Å². The summed E-state index contributed by atoms with van der Waals surface area (Å²) in [5.74, 6) is -2.65. The average molecular weight is 304 g/mol. The monoisotopic (exact) mass is 304 g/mol. The fraction of sp³-hybridized carbons (Fsp3) is 0.333. The van der Waals surface area contributed by atoms with Gasteiger partial charge in [-0.25, -0.2) is 0 Å². The van der Waals surface area contributed by atoms with E-state index in [9.17, 15) is 19.2 Å². The number of carbonyl (C=O) groups is 4. The van der Waals surface area contributed by atoms with E-state index in [1.807, 2.05) is 0 Å². The molecule has 1 aromatic carbocycles. The zero-order chi connectivity index (χ0) is 16.3. The second kappa shape index (κ2) is 6.38. The normalized spacial score (nSPS) is 14.7. The summed E-state index contributed by atoms with van der Waals surface area (Å²) >= 11 is 0. The van der Waals surface area contributed by atoms with Gasteiger partial charge in [-0.3, -0.25) is 24.1 Å². The van der Waals surface area contributed by atoms with E-state index in [2.05, 4.69) is 5.32 Å². The van der Waals surface area contributed by atoms with Crippen molar-refractivity contribution in [3.63, 3.8) is 0 Å². The average Bonchev–Trinajstić information content (AvgIpc) is 2.70. The van der Waals surface area contributed by atoms with Crippen molar-refractivity contribution in [1.29, 1.82) is 0 Å². The summed E-state index contributed by atoms with van der Waals surface area (Å²) in [6.45, 7) is 1.50. The number of hydrogen-bond acceptors (Lipinski definition) is 4. The molecule has 1 aromatic rings. The Kier molecular flexibility index (Phi) is 4.55. The Morgan fingerprint density at radius 2 is 1.73 bits per heavy atom. The number of hydrogen-bond donors (Lipinski definition) is 2. The van der Waals surface area contributed by atoms with E-state index in [1.165, 1.54) is 0 Å². The molecule has 22 heavy (non-hydrogen) atoms. The molecule has 1 aliphatic rings. The zero-order valence-electron chi connectivity index (χ0n) is 12.0. The van der Waals surface area contributed by atoms with Gasteiger partial charge in [0.1, 0.15) is 6.54 Å². The number of aliphatic carboxylic acids is 1. The topological polar surface area (TPSA) is 104 Å². The SMILES string of the molecule is CC(CNC(=O)CN1C(=O)c2ccccc2C1=O)CC(=O)O. The molecule has 1 heterocycles. The highest BCUT2D eigenvalue weighted by atomic mass is 16.4. The molecular weight excluding hydrogens is 288 g/mol. The van der Waals surface area contributed by atoms with Crippen molar-refractivity contribution in [1.82, 2.24) is 10.2 Å². The molecule has 1 atom stereocenters. The Morgan fingerprint density at radius 1 is 1.18 bits per heavy atom. The number of carbonyl (C=O) groups excluding carboxylic acids is 3. The summed E-state index contributed by atoms with van der Waals surface area (Å²) in [5.41, 5.74) is 0.582. The molecule has 0 fully saturated rings. The number of imide groups is 1. The summed E-state index contributed by atoms with van der Waals surface area (Å²) in [6.07, 6.45) is -0.0622. The molecule has 3 amide bonds. The van der Waals surface area contributed by atoms with Crippen molar-refractivity contribution < 1.29 is 24.3 Å². The van der Waals surface area contributed by atoms with Crippen LogP contribution in [0.15, 0.2) is 24.3 Å². The standard InChI is InChI=1S/C15H16N2O5/c1-9(6-13(19)20)7-16-12(18)8-17-14(21)10-4-2-3-5-11(10)15(17)22/h2-5,9H,6-8H2,1H3,(H,16,18)(H,19,20). The van der Waals surface area contributed by atoms with Crippen LogP contribution in [-0.4, -0.2) is 46.8 Å². The highest BCUT2D eigenvalue weighted by Gasteiger charge is 2.36. The third-order valence-electron chi connectivity index (χ3n) is 3.35. The maximum Gasteiger partial charge on any atom is 0.303 e. The minimum Gasteiger partial charge on any atom is -0.481 e. The number of rotatable bonds is 6. The van der Waals surface area contributed by atoms with Gasteiger partial charge in [0.05, 0.1) is 11.1 Å². The number of fused-ring (bicyclic) bond motifs is 1. The summed E-state index contributed by atoms with van der Waals surface area (Å²) in [6, 6.07) is 6.40. The van der Waals surface area contributed by atoms with Gasteiger partial charge in [0, 0.05) is 13.0 Å². The Balaban J connectivity index is 1.92. The van der Waals surface area contributed by atoms with Gasteiger partial charge in [-0.05, 0) is 18.1 Å². The van der Waals surface area contributed by atoms with E-state index < -0.39 is 23.7 Å². The number of amides is 3. The molecule has 0 saturated heterocycles. The van der Waals surface area contributed by atoms with Crippen LogP contribution >= 0.6 is 0 Å². The quantitative estimate of drug-likeness (QED) is 0.745. The minimum absolute atomic E-state index is 0.0622. The second-order valence-electron chi connectivity index (χ2n) is 5.25. The molecule has 7 heteroatoms. The first-order valence-electron chi connectivity index (χ1n) is 6.84. The molecule has 1 unspecified atom stereocenters. The molecule has 0 aromatic heterocycles. The summed E-state index contributed by atoms with van der Waals surface area (Å²) in [7, 11) is 0. The van der Waals surface area contributed by atoms with Crippen LogP contribution in [0.2, 0.25) is 0 Å². The highest BCUT2D eigenvalue weighted by Crippen LogP contribution is 2.21. The first kappa shape index (κ1) is 15.7. The molecule has 0 bridgehead atoms. The fourth-order valence-electron chi connectivity index (χ4n) is 2.24. The molecule has 116 valence electrons. The molecule has 0 spiro atoms. The van der Waals surface area contributed by atoms with E-state index in [-0.39, 0.29) is 25.4 Å². The van der Waals surface area contributed by atoms with Crippen molar-refractivity contribution >= 4 is 23.7 Å². The van der Waals surface area contributed by atoms with Crippen molar-refractivity contribution in [2.75, 3.05) is 13.1 Å². The highest BCUT2D eigenvalue weighted by molar-refractivity contribution is 6.22. The largest absolute Gasteiger partial charge is 0.481 e. The first-order chi connectivity index (χ1) is 10.4. The molecule has 7 nitrogen and oxygen atoms in total. The Hall–Kier alpha value is -2.70. The maximum absolute atomic E-state index is 12.1. The van der Waals surface area contributed by atoms with Crippen LogP contribution in [0.3, 0.4) is 0 Å². The Labute approximate surface area is 126 Å². The smallest absolute Gasteiger partial charge is 0.303 e. The molecule has 2 rings (SSSR count). The summed E-state index contributed by atoms with van der Waals surface area (Å²) < 4.78 is 0. The summed E-state index contributed by atoms with van der Waals surface area (Å²) in [5, 5.41) is 11.2. The van der Waals surface area contributed by atoms with Crippen molar-refractivity contribution in [3.8, 4) is 0 Å². The number of carboxylic acids is 1. The Morgan fingerprint density at radius 3 is 2.23 bits per heavy atom. The number of nitrogens with zero attached hydrogens (tertiary/aromatic N) is 1. The van der Waals surface area contributed by atoms with Gasteiger partial charge >= 0.3 is 5.97 Å². The molecular formula is C15H16N2O5. The number of benzene rings is 1. The molecule has 0 saturated carbocycles. The van der Waals surface area contributed by atoms with Crippen LogP contribution in [0, 0.1) is 5.92 Å². The van der Waals surface area contributed by atoms with E-state index in [1.54, 1.807) is 31.2 Å². The number of carboxylic acid groups (broad SMARTS) is 1. The minimum atomic E-state index is -0.943. The van der Waals surface area contributed by atoms with Gasteiger partial charge in [-0.15, -0.1) is 0 Å². The third-order valence-corrected chi connectivity index (χ3v) is 3.35. The Bertz CT molecular complexity index is 606. The predicted molar refractivity (Wildman–Crippen MR) is 76.2 cm³/mol. The molecule has 1 aliphatic heterocycles. The van der Waals surface area contributed by atoms with Gasteiger partial charge in [0.25, 0.3) is 11.8 Å². The third kappa shape index (κ3) is 3.30. The van der Waals surface area contributed by atoms with Crippen LogP contribution in [0.25, 0.3) is 0 Å². The molecule has 2 N–H and O–H groups in total. The lowest BCUT2D eigenvalue weighted by Gasteiger charge is -2.15. The fourth-order valence-corrected chi connectivity index (χ4v) is 2.24. The van der Waals surface area contributed by atoms with Crippen molar-refractivity contribution in [3.05, 3.63) is 35.4 Å². The van der Waals surface area contributed by atoms with E-state index in [0.29, 0.717) is 11.1 Å². The lowest BCUT2D eigenvalue weighted by atomic mass is 10.1. The summed E-state index contributed by atoms with van der Waals surface area (Å²) in [4.78, 5) is 47.4. The van der Waals surface area contributed by atoms with E-state index in [4.69, 9.17) is 5.11 Å². The number of nitrogens with one attached hydrogen (secondary N) is 1. The van der Waals surface area contributed by atoms with Gasteiger partial charge < -0.3 is 10.4 Å². The van der Waals surface area contributed by atoms with Crippen LogP contribution in [-0.2, 0) is 9.59 Å². The van der Waals surface area contributed by atoms with Crippen LogP contribution in [0.4, 0.5) is 0 Å². The van der Waals surface area contributed by atoms with Crippen LogP contribution < -0.4 is 5.32 Å². The second-order valence-corrected chi connectivity index (χ2v) is 5.25. The lowest BCUT2D eigenvalue weighted by molar-refractivity contribution is -0.138. The van der Waals surface area contributed by atoms with Gasteiger partial charge in [0.2, 0.25) is 5.91 Å². The van der Waals surface area contributed by atoms with Crippen molar-refractivity contribution in [2.24, 2.45) is 5.92 Å². The lowest BCUT2D eigenvalue weighted by Crippen LogP contribution is -2.41. The first-order valence-corrected chi connectivity index (χ1v) is 6.84. The van der Waals surface area contributed by atoms with Gasteiger partial charge in [-0.1, -0.05) is 19.1 Å². The zero-order valence-corrected chi connectivity index (χ0v) is 12.0. The van der Waals surface area contributed by atoms with Crippen LogP contribution in [0.1, 0.15) is 34.1 Å². The predicted octanol–water partition coefficient (Wildman–Crippen LogP) is 0.510. The van der Waals surface area contributed by atoms with Gasteiger partial charge in [-0.2, -0.15) is 0 Å².